The molecule has 1 amide bonds. The second kappa shape index (κ2) is 7.52. The van der Waals surface area contributed by atoms with Gasteiger partial charge in [-0.05, 0) is 30.4 Å². The summed E-state index contributed by atoms with van der Waals surface area (Å²) in [6.45, 7) is 4.13. The minimum Gasteiger partial charge on any atom is -0.507 e. The normalized spacial score (nSPS) is 12.1. The number of aromatic hydroxyl groups is 2. The largest absolute Gasteiger partial charge is 0.507 e. The highest BCUT2D eigenvalue weighted by Crippen LogP contribution is 2.26. The number of hydrogen-bond donors (Lipinski definition) is 4. The lowest BCUT2D eigenvalue weighted by atomic mass is 9.94. The molecule has 1 atom stereocenters. The van der Waals surface area contributed by atoms with Crippen molar-refractivity contribution in [2.24, 2.45) is 11.8 Å². The zero-order valence-electron chi connectivity index (χ0n) is 12.2. The molecule has 116 valence electrons. The second-order valence-electron chi connectivity index (χ2n) is 5.47. The van der Waals surface area contributed by atoms with Crippen LogP contribution in [0.5, 0.6) is 11.5 Å². The van der Waals surface area contributed by atoms with E-state index in [0.717, 1.165) is 0 Å². The summed E-state index contributed by atoms with van der Waals surface area (Å²) >= 11 is 0. The molecule has 0 bridgehead atoms. The van der Waals surface area contributed by atoms with Crippen LogP contribution in [0.1, 0.15) is 37.0 Å². The Labute approximate surface area is 123 Å². The van der Waals surface area contributed by atoms with E-state index in [2.05, 4.69) is 5.32 Å². The van der Waals surface area contributed by atoms with Crippen LogP contribution in [0.3, 0.4) is 0 Å². The van der Waals surface area contributed by atoms with Crippen molar-refractivity contribution >= 4 is 11.9 Å². The number of amides is 1. The quantitative estimate of drug-likeness (QED) is 0.615. The molecule has 4 N–H and O–H groups in total. The molecular weight excluding hydrogens is 274 g/mol. The molecule has 21 heavy (non-hydrogen) atoms. The zero-order valence-corrected chi connectivity index (χ0v) is 12.2. The van der Waals surface area contributed by atoms with E-state index in [-0.39, 0.29) is 35.9 Å². The fourth-order valence-electron chi connectivity index (χ4n) is 2.24. The van der Waals surface area contributed by atoms with Crippen LogP contribution in [0.4, 0.5) is 0 Å². The number of phenolic OH excluding ortho intramolecular Hbond substituents is 2. The summed E-state index contributed by atoms with van der Waals surface area (Å²) in [6, 6.07) is 4.03. The van der Waals surface area contributed by atoms with Crippen LogP contribution in [-0.4, -0.2) is 33.7 Å². The number of carbonyl (C=O) groups is 2. The third kappa shape index (κ3) is 5.33. The third-order valence-electron chi connectivity index (χ3n) is 3.07. The highest BCUT2D eigenvalue weighted by Gasteiger charge is 2.19. The topological polar surface area (TPSA) is 107 Å². The van der Waals surface area contributed by atoms with Gasteiger partial charge in [-0.3, -0.25) is 9.59 Å². The van der Waals surface area contributed by atoms with Gasteiger partial charge >= 0.3 is 5.97 Å². The lowest BCUT2D eigenvalue weighted by Crippen LogP contribution is -2.31. The molecule has 0 aliphatic heterocycles. The fraction of sp³-hybridized carbons (Fsp3) is 0.467. The monoisotopic (exact) mass is 295 g/mol. The Bertz CT molecular complexity index is 493. The number of hydrogen-bond acceptors (Lipinski definition) is 4. The van der Waals surface area contributed by atoms with Crippen molar-refractivity contribution < 1.29 is 24.9 Å². The van der Waals surface area contributed by atoms with Crippen molar-refractivity contribution in [2.45, 2.75) is 26.7 Å². The second-order valence-corrected chi connectivity index (χ2v) is 5.47. The highest BCUT2D eigenvalue weighted by molar-refractivity contribution is 5.99. The SMILES string of the molecule is CC(C)CC(CNC(=O)c1c(O)cccc1O)CC(=O)O. The van der Waals surface area contributed by atoms with Gasteiger partial charge in [0, 0.05) is 13.0 Å². The summed E-state index contributed by atoms with van der Waals surface area (Å²) in [5.41, 5.74) is -0.198. The van der Waals surface area contributed by atoms with Crippen molar-refractivity contribution in [3.05, 3.63) is 23.8 Å². The van der Waals surface area contributed by atoms with Crippen LogP contribution < -0.4 is 5.32 Å². The van der Waals surface area contributed by atoms with Crippen LogP contribution in [0, 0.1) is 11.8 Å². The summed E-state index contributed by atoms with van der Waals surface area (Å²) in [5, 5.41) is 30.6. The molecule has 0 aromatic heterocycles. The van der Waals surface area contributed by atoms with Crippen LogP contribution in [0.2, 0.25) is 0 Å². The maximum atomic E-state index is 12.0. The molecule has 0 aliphatic carbocycles. The van der Waals surface area contributed by atoms with E-state index in [4.69, 9.17) is 5.11 Å². The minimum absolute atomic E-state index is 0.0365. The molecule has 0 heterocycles. The highest BCUT2D eigenvalue weighted by atomic mass is 16.4. The Morgan fingerprint density at radius 2 is 1.76 bits per heavy atom. The lowest BCUT2D eigenvalue weighted by molar-refractivity contribution is -0.138. The van der Waals surface area contributed by atoms with Crippen LogP contribution in [0.15, 0.2) is 18.2 Å². The van der Waals surface area contributed by atoms with Crippen LogP contribution >= 0.6 is 0 Å². The van der Waals surface area contributed by atoms with Gasteiger partial charge in [-0.25, -0.2) is 0 Å². The maximum Gasteiger partial charge on any atom is 0.303 e. The van der Waals surface area contributed by atoms with Crippen LogP contribution in [0.25, 0.3) is 0 Å². The van der Waals surface area contributed by atoms with Gasteiger partial charge in [-0.1, -0.05) is 19.9 Å². The number of carboxylic acids is 1. The molecule has 1 aromatic rings. The van der Waals surface area contributed by atoms with Gasteiger partial charge in [0.1, 0.15) is 17.1 Å². The molecule has 6 heteroatoms. The predicted molar refractivity (Wildman–Crippen MR) is 77.3 cm³/mol. The summed E-state index contributed by atoms with van der Waals surface area (Å²) < 4.78 is 0. The molecule has 0 fully saturated rings. The Morgan fingerprint density at radius 1 is 1.19 bits per heavy atom. The number of benzene rings is 1. The molecule has 1 unspecified atom stereocenters. The first kappa shape index (κ1) is 16.8. The number of nitrogens with one attached hydrogen (secondary N) is 1. The van der Waals surface area contributed by atoms with Gasteiger partial charge in [0.15, 0.2) is 0 Å². The van der Waals surface area contributed by atoms with Crippen molar-refractivity contribution in [3.8, 4) is 11.5 Å². The number of rotatable bonds is 7. The zero-order chi connectivity index (χ0) is 16.0. The lowest BCUT2D eigenvalue weighted by Gasteiger charge is -2.18. The number of aliphatic carboxylic acids is 1. The first-order valence-corrected chi connectivity index (χ1v) is 6.82. The van der Waals surface area contributed by atoms with Crippen molar-refractivity contribution in [1.82, 2.24) is 5.32 Å². The number of carbonyl (C=O) groups excluding carboxylic acids is 1. The van der Waals surface area contributed by atoms with Crippen molar-refractivity contribution in [1.29, 1.82) is 0 Å². The van der Waals surface area contributed by atoms with Crippen molar-refractivity contribution in [2.75, 3.05) is 6.54 Å². The maximum absolute atomic E-state index is 12.0. The standard InChI is InChI=1S/C15H21NO5/c1-9(2)6-10(7-13(19)20)8-16-15(21)14-11(17)4-3-5-12(14)18/h3-5,9-10,17-18H,6-8H2,1-2H3,(H,16,21)(H,19,20). The van der Waals surface area contributed by atoms with E-state index in [1.807, 2.05) is 13.8 Å². The van der Waals surface area contributed by atoms with E-state index in [1.165, 1.54) is 18.2 Å². The Kier molecular flexibility index (Phi) is 6.02. The Balaban J connectivity index is 2.70. The van der Waals surface area contributed by atoms with E-state index in [0.29, 0.717) is 12.3 Å². The predicted octanol–water partition coefficient (Wildman–Crippen LogP) is 1.96. The van der Waals surface area contributed by atoms with Gasteiger partial charge in [-0.2, -0.15) is 0 Å². The minimum atomic E-state index is -0.916. The van der Waals surface area contributed by atoms with E-state index in [9.17, 15) is 19.8 Å². The van der Waals surface area contributed by atoms with E-state index >= 15 is 0 Å². The van der Waals surface area contributed by atoms with Crippen LogP contribution in [-0.2, 0) is 4.79 Å². The van der Waals surface area contributed by atoms with Gasteiger partial charge in [0.2, 0.25) is 0 Å². The smallest absolute Gasteiger partial charge is 0.303 e. The molecule has 1 aromatic carbocycles. The Morgan fingerprint density at radius 3 is 2.24 bits per heavy atom. The first-order chi connectivity index (χ1) is 9.81. The summed E-state index contributed by atoms with van der Waals surface area (Å²) in [4.78, 5) is 22.8. The summed E-state index contributed by atoms with van der Waals surface area (Å²) in [6.07, 6.45) is 0.630. The molecule has 0 saturated carbocycles. The molecule has 6 nitrogen and oxygen atoms in total. The number of phenols is 2. The van der Waals surface area contributed by atoms with Gasteiger partial charge in [-0.15, -0.1) is 0 Å². The molecule has 1 rings (SSSR count). The summed E-state index contributed by atoms with van der Waals surface area (Å²) in [7, 11) is 0. The number of carboxylic acid groups (broad SMARTS) is 1. The van der Waals surface area contributed by atoms with E-state index in [1.54, 1.807) is 0 Å². The van der Waals surface area contributed by atoms with Gasteiger partial charge in [0.05, 0.1) is 0 Å². The molecule has 0 saturated heterocycles. The molecule has 0 spiro atoms. The molecule has 0 aliphatic rings. The van der Waals surface area contributed by atoms with Gasteiger partial charge in [0.25, 0.3) is 5.91 Å². The van der Waals surface area contributed by atoms with E-state index < -0.39 is 11.9 Å². The molecular formula is C15H21NO5. The Hall–Kier alpha value is -2.24. The average molecular weight is 295 g/mol. The molecule has 0 radical (unpaired) electrons. The summed E-state index contributed by atoms with van der Waals surface area (Å²) in [5.74, 6) is -2.05. The average Bonchev–Trinajstić information content (AvgIpc) is 2.34. The fourth-order valence-corrected chi connectivity index (χ4v) is 2.24. The van der Waals surface area contributed by atoms with Crippen molar-refractivity contribution in [3.63, 3.8) is 0 Å². The van der Waals surface area contributed by atoms with Gasteiger partial charge < -0.3 is 20.6 Å². The third-order valence-corrected chi connectivity index (χ3v) is 3.07. The first-order valence-electron chi connectivity index (χ1n) is 6.82.